The Labute approximate surface area is 134 Å². The van der Waals surface area contributed by atoms with Crippen molar-refractivity contribution in [3.8, 4) is 0 Å². The lowest BCUT2D eigenvalue weighted by Gasteiger charge is -2.33. The van der Waals surface area contributed by atoms with Gasteiger partial charge in [0.1, 0.15) is 5.82 Å². The first-order chi connectivity index (χ1) is 9.90. The Morgan fingerprint density at radius 3 is 2.50 bits per heavy atom. The molecule has 22 heavy (non-hydrogen) atoms. The van der Waals surface area contributed by atoms with Crippen molar-refractivity contribution in [1.82, 2.24) is 4.90 Å². The molecule has 0 aromatic heterocycles. The first-order valence-corrected chi connectivity index (χ1v) is 6.89. The molecule has 1 aliphatic rings. The number of carbonyl (C=O) groups excluding carboxylic acids is 1. The molecule has 1 aromatic rings. The van der Waals surface area contributed by atoms with E-state index in [9.17, 15) is 19.3 Å². The molecule has 8 heteroatoms. The van der Waals surface area contributed by atoms with Gasteiger partial charge in [0, 0.05) is 25.2 Å². The van der Waals surface area contributed by atoms with Crippen LogP contribution in [0.15, 0.2) is 18.2 Å². The number of rotatable bonds is 3. The molecular weight excluding hydrogens is 313 g/mol. The average Bonchev–Trinajstić information content (AvgIpc) is 2.46. The maximum Gasteiger partial charge on any atom is 0.272 e. The number of hydrogen-bond donors (Lipinski definition) is 1. The summed E-state index contributed by atoms with van der Waals surface area (Å²) in [6.07, 6.45) is 1.58. The van der Waals surface area contributed by atoms with Crippen LogP contribution >= 0.6 is 12.4 Å². The zero-order valence-electron chi connectivity index (χ0n) is 12.2. The monoisotopic (exact) mass is 331 g/mol. The third-order valence-corrected chi connectivity index (χ3v) is 3.96. The molecule has 122 valence electrons. The van der Waals surface area contributed by atoms with Crippen LogP contribution in [0.5, 0.6) is 0 Å². The molecule has 1 fully saturated rings. The van der Waals surface area contributed by atoms with Gasteiger partial charge in [-0.15, -0.1) is 12.4 Å². The van der Waals surface area contributed by atoms with E-state index in [0.717, 1.165) is 25.0 Å². The highest BCUT2D eigenvalue weighted by atomic mass is 35.5. The van der Waals surface area contributed by atoms with Crippen LogP contribution in [0.1, 0.15) is 30.1 Å². The predicted octanol–water partition coefficient (Wildman–Crippen LogP) is 2.36. The summed E-state index contributed by atoms with van der Waals surface area (Å²) in [4.78, 5) is 23.7. The van der Waals surface area contributed by atoms with Gasteiger partial charge in [-0.25, -0.2) is 4.39 Å². The van der Waals surface area contributed by atoms with Crippen molar-refractivity contribution in [2.24, 2.45) is 11.7 Å². The van der Waals surface area contributed by atoms with Crippen molar-refractivity contribution in [1.29, 1.82) is 0 Å². The number of hydrogen-bond acceptors (Lipinski definition) is 4. The zero-order valence-corrected chi connectivity index (χ0v) is 13.0. The normalized spacial score (nSPS) is 16.8. The quantitative estimate of drug-likeness (QED) is 0.680. The number of nitrogens with two attached hydrogens (primary N) is 1. The summed E-state index contributed by atoms with van der Waals surface area (Å²) in [7, 11) is 0. The summed E-state index contributed by atoms with van der Waals surface area (Å²) >= 11 is 0. The van der Waals surface area contributed by atoms with E-state index in [-0.39, 0.29) is 29.7 Å². The van der Waals surface area contributed by atoms with Crippen molar-refractivity contribution in [2.75, 3.05) is 13.1 Å². The molecule has 0 spiro atoms. The number of non-ortho nitro benzene ring substituents is 1. The number of likely N-dealkylation sites (tertiary alicyclic amines) is 1. The summed E-state index contributed by atoms with van der Waals surface area (Å²) in [5, 5.41) is 10.6. The van der Waals surface area contributed by atoms with Gasteiger partial charge in [-0.1, -0.05) is 0 Å². The maximum absolute atomic E-state index is 13.8. The number of amides is 1. The number of halogens is 2. The number of carbonyl (C=O) groups is 1. The highest BCUT2D eigenvalue weighted by molar-refractivity contribution is 5.94. The topological polar surface area (TPSA) is 89.5 Å². The fraction of sp³-hybridized carbons (Fsp3) is 0.500. The summed E-state index contributed by atoms with van der Waals surface area (Å²) in [5.74, 6) is -0.912. The van der Waals surface area contributed by atoms with Crippen LogP contribution in [0, 0.1) is 21.8 Å². The van der Waals surface area contributed by atoms with E-state index in [1.54, 1.807) is 4.90 Å². The smallest absolute Gasteiger partial charge is 0.272 e. The number of benzene rings is 1. The van der Waals surface area contributed by atoms with E-state index in [1.165, 1.54) is 6.07 Å². The zero-order chi connectivity index (χ0) is 15.6. The van der Waals surface area contributed by atoms with Crippen LogP contribution in [0.4, 0.5) is 10.1 Å². The lowest BCUT2D eigenvalue weighted by atomic mass is 9.90. The van der Waals surface area contributed by atoms with Crippen molar-refractivity contribution in [3.63, 3.8) is 0 Å². The minimum absolute atomic E-state index is 0. The fourth-order valence-electron chi connectivity index (χ4n) is 2.59. The fourth-order valence-corrected chi connectivity index (χ4v) is 2.59. The molecule has 6 nitrogen and oxygen atoms in total. The minimum Gasteiger partial charge on any atom is -0.339 e. The number of nitro benzene ring substituents is 1. The van der Waals surface area contributed by atoms with E-state index >= 15 is 0 Å². The predicted molar refractivity (Wildman–Crippen MR) is 82.6 cm³/mol. The molecule has 0 saturated carbocycles. The summed E-state index contributed by atoms with van der Waals surface area (Å²) < 4.78 is 13.8. The molecule has 2 rings (SSSR count). The van der Waals surface area contributed by atoms with E-state index in [0.29, 0.717) is 19.0 Å². The average molecular weight is 332 g/mol. The van der Waals surface area contributed by atoms with Crippen LogP contribution in [-0.4, -0.2) is 34.9 Å². The molecule has 0 radical (unpaired) electrons. The van der Waals surface area contributed by atoms with Gasteiger partial charge in [0.05, 0.1) is 16.6 Å². The van der Waals surface area contributed by atoms with Crippen molar-refractivity contribution >= 4 is 24.0 Å². The van der Waals surface area contributed by atoms with Gasteiger partial charge in [0.25, 0.3) is 11.6 Å². The van der Waals surface area contributed by atoms with Gasteiger partial charge in [-0.05, 0) is 31.7 Å². The van der Waals surface area contributed by atoms with E-state index in [4.69, 9.17) is 5.73 Å². The second-order valence-electron chi connectivity index (χ2n) is 5.41. The first kappa shape index (κ1) is 18.3. The SMILES string of the molecule is CC(N)C1CCN(C(=O)c2ccc([N+](=O)[O-])cc2F)CC1.Cl. The third kappa shape index (κ3) is 3.92. The Bertz CT molecular complexity index is 560. The van der Waals surface area contributed by atoms with Crippen LogP contribution in [0.25, 0.3) is 0 Å². The summed E-state index contributed by atoms with van der Waals surface area (Å²) in [5.41, 5.74) is 5.36. The molecular formula is C14H19ClFN3O3. The molecule has 1 aromatic carbocycles. The lowest BCUT2D eigenvalue weighted by Crippen LogP contribution is -2.42. The molecule has 0 aliphatic carbocycles. The third-order valence-electron chi connectivity index (χ3n) is 3.96. The molecule has 1 amide bonds. The number of nitrogens with zero attached hydrogens (tertiary/aromatic N) is 2. The van der Waals surface area contributed by atoms with E-state index in [1.807, 2.05) is 6.92 Å². The molecule has 2 N–H and O–H groups in total. The highest BCUT2D eigenvalue weighted by Gasteiger charge is 2.27. The molecule has 1 saturated heterocycles. The van der Waals surface area contributed by atoms with E-state index < -0.39 is 16.6 Å². The second kappa shape index (κ2) is 7.51. The molecule has 0 bridgehead atoms. The molecule has 1 aliphatic heterocycles. The second-order valence-corrected chi connectivity index (χ2v) is 5.41. The van der Waals surface area contributed by atoms with Crippen molar-refractivity contribution in [2.45, 2.75) is 25.8 Å². The van der Waals surface area contributed by atoms with Gasteiger partial charge in [-0.3, -0.25) is 14.9 Å². The Morgan fingerprint density at radius 1 is 1.45 bits per heavy atom. The summed E-state index contributed by atoms with van der Waals surface area (Å²) in [6.45, 7) is 3.00. The standard InChI is InChI=1S/C14H18FN3O3.ClH/c1-9(16)10-4-6-17(7-5-10)14(19)12-3-2-11(18(20)21)8-13(12)15;/h2-3,8-10H,4-7,16H2,1H3;1H. The number of nitro groups is 1. The van der Waals surface area contributed by atoms with Crippen molar-refractivity contribution in [3.05, 3.63) is 39.7 Å². The van der Waals surface area contributed by atoms with Gasteiger partial charge in [0.15, 0.2) is 0 Å². The highest BCUT2D eigenvalue weighted by Crippen LogP contribution is 2.23. The van der Waals surface area contributed by atoms with Gasteiger partial charge < -0.3 is 10.6 Å². The Kier molecular flexibility index (Phi) is 6.25. The lowest BCUT2D eigenvalue weighted by molar-refractivity contribution is -0.385. The Balaban J connectivity index is 0.00000242. The van der Waals surface area contributed by atoms with Gasteiger partial charge in [0.2, 0.25) is 0 Å². The first-order valence-electron chi connectivity index (χ1n) is 6.89. The Hall–Kier alpha value is -1.73. The van der Waals surface area contributed by atoms with Crippen LogP contribution in [-0.2, 0) is 0 Å². The van der Waals surface area contributed by atoms with Crippen LogP contribution in [0.2, 0.25) is 0 Å². The van der Waals surface area contributed by atoms with E-state index in [2.05, 4.69) is 0 Å². The van der Waals surface area contributed by atoms with Gasteiger partial charge in [-0.2, -0.15) is 0 Å². The molecule has 1 unspecified atom stereocenters. The summed E-state index contributed by atoms with van der Waals surface area (Å²) in [6, 6.07) is 3.18. The molecule has 1 atom stereocenters. The van der Waals surface area contributed by atoms with Crippen LogP contribution < -0.4 is 5.73 Å². The minimum atomic E-state index is -0.858. The van der Waals surface area contributed by atoms with Crippen LogP contribution in [0.3, 0.4) is 0 Å². The Morgan fingerprint density at radius 2 is 2.05 bits per heavy atom. The number of piperidine rings is 1. The molecule has 1 heterocycles. The largest absolute Gasteiger partial charge is 0.339 e. The maximum atomic E-state index is 13.8. The van der Waals surface area contributed by atoms with Crippen molar-refractivity contribution < 1.29 is 14.1 Å². The van der Waals surface area contributed by atoms with Gasteiger partial charge >= 0.3 is 0 Å².